The van der Waals surface area contributed by atoms with Crippen LogP contribution in [0.15, 0.2) is 24.4 Å². The molecular formula is C15H17N3O4. The first-order valence-corrected chi connectivity index (χ1v) is 6.58. The zero-order chi connectivity index (χ0) is 16.3. The lowest BCUT2D eigenvalue weighted by molar-refractivity contribution is 0.0696. The standard InChI is InChI=1S/C15H17N3O4/c1-9-13(7-18(2)17-9)14(19)16-12-5-10(8-22-3)4-11(6-12)15(20)21/h4-7H,8H2,1-3H3,(H,16,19)(H,20,21). The molecule has 0 aliphatic heterocycles. The molecule has 0 aliphatic carbocycles. The van der Waals surface area contributed by atoms with E-state index < -0.39 is 5.97 Å². The number of rotatable bonds is 5. The Morgan fingerprint density at radius 3 is 2.64 bits per heavy atom. The molecule has 0 bridgehead atoms. The second-order valence-electron chi connectivity index (χ2n) is 4.91. The molecule has 0 saturated heterocycles. The Hall–Kier alpha value is -2.67. The van der Waals surface area contributed by atoms with Gasteiger partial charge in [0.1, 0.15) is 0 Å². The number of aromatic nitrogens is 2. The average Bonchev–Trinajstić information content (AvgIpc) is 2.78. The van der Waals surface area contributed by atoms with Crippen molar-refractivity contribution >= 4 is 17.6 Å². The van der Waals surface area contributed by atoms with Crippen LogP contribution in [0.2, 0.25) is 0 Å². The molecule has 1 aromatic heterocycles. The number of hydrogen-bond donors (Lipinski definition) is 2. The minimum Gasteiger partial charge on any atom is -0.478 e. The molecule has 1 heterocycles. The molecule has 7 heteroatoms. The number of nitrogens with zero attached hydrogens (tertiary/aromatic N) is 2. The SMILES string of the molecule is COCc1cc(NC(=O)c2cn(C)nc2C)cc(C(=O)O)c1. The van der Waals surface area contributed by atoms with Crippen molar-refractivity contribution in [1.82, 2.24) is 9.78 Å². The smallest absolute Gasteiger partial charge is 0.335 e. The molecular weight excluding hydrogens is 286 g/mol. The molecule has 1 aromatic carbocycles. The predicted molar refractivity (Wildman–Crippen MR) is 80.0 cm³/mol. The molecule has 0 radical (unpaired) electrons. The van der Waals surface area contributed by atoms with Gasteiger partial charge in [-0.2, -0.15) is 5.10 Å². The maximum atomic E-state index is 12.3. The quantitative estimate of drug-likeness (QED) is 0.879. The molecule has 2 aromatic rings. The summed E-state index contributed by atoms with van der Waals surface area (Å²) < 4.78 is 6.56. The first-order chi connectivity index (χ1) is 10.4. The highest BCUT2D eigenvalue weighted by Gasteiger charge is 2.14. The van der Waals surface area contributed by atoms with Crippen LogP contribution in [0.5, 0.6) is 0 Å². The number of benzene rings is 1. The van der Waals surface area contributed by atoms with E-state index in [1.165, 1.54) is 19.2 Å². The predicted octanol–water partition coefficient (Wildman–Crippen LogP) is 1.83. The third kappa shape index (κ3) is 3.50. The number of aryl methyl sites for hydroxylation is 2. The summed E-state index contributed by atoms with van der Waals surface area (Å²) in [4.78, 5) is 23.4. The third-order valence-electron chi connectivity index (χ3n) is 3.07. The lowest BCUT2D eigenvalue weighted by atomic mass is 10.1. The number of methoxy groups -OCH3 is 1. The molecule has 0 saturated carbocycles. The number of anilines is 1. The van der Waals surface area contributed by atoms with E-state index in [4.69, 9.17) is 9.84 Å². The number of nitrogens with one attached hydrogen (secondary N) is 1. The number of carboxylic acid groups (broad SMARTS) is 1. The van der Waals surface area contributed by atoms with Crippen LogP contribution in [0.25, 0.3) is 0 Å². The number of carboxylic acids is 1. The molecule has 0 atom stereocenters. The van der Waals surface area contributed by atoms with Crippen LogP contribution in [-0.2, 0) is 18.4 Å². The summed E-state index contributed by atoms with van der Waals surface area (Å²) in [6.45, 7) is 1.99. The van der Waals surface area contributed by atoms with Crippen LogP contribution in [0.3, 0.4) is 0 Å². The van der Waals surface area contributed by atoms with Gasteiger partial charge in [0.05, 0.1) is 23.4 Å². The van der Waals surface area contributed by atoms with Crippen molar-refractivity contribution in [2.75, 3.05) is 12.4 Å². The Morgan fingerprint density at radius 1 is 1.36 bits per heavy atom. The summed E-state index contributed by atoms with van der Waals surface area (Å²) in [6, 6.07) is 4.60. The Bertz CT molecular complexity index is 722. The van der Waals surface area contributed by atoms with Gasteiger partial charge in [-0.05, 0) is 30.7 Å². The summed E-state index contributed by atoms with van der Waals surface area (Å²) in [5.41, 5.74) is 2.21. The van der Waals surface area contributed by atoms with Gasteiger partial charge in [0.15, 0.2) is 0 Å². The number of carbonyl (C=O) groups is 2. The van der Waals surface area contributed by atoms with Crippen LogP contribution in [0, 0.1) is 6.92 Å². The van der Waals surface area contributed by atoms with Crippen molar-refractivity contribution < 1.29 is 19.4 Å². The van der Waals surface area contributed by atoms with Crippen molar-refractivity contribution in [2.24, 2.45) is 7.05 Å². The average molecular weight is 303 g/mol. The number of hydrogen-bond acceptors (Lipinski definition) is 4. The number of carbonyl (C=O) groups excluding carboxylic acids is 1. The molecule has 7 nitrogen and oxygen atoms in total. The van der Waals surface area contributed by atoms with Gasteiger partial charge >= 0.3 is 5.97 Å². The lowest BCUT2D eigenvalue weighted by Gasteiger charge is -2.09. The van der Waals surface area contributed by atoms with Crippen molar-refractivity contribution in [3.8, 4) is 0 Å². The van der Waals surface area contributed by atoms with Gasteiger partial charge in [0.2, 0.25) is 0 Å². The zero-order valence-corrected chi connectivity index (χ0v) is 12.6. The second-order valence-corrected chi connectivity index (χ2v) is 4.91. The fourth-order valence-corrected chi connectivity index (χ4v) is 2.16. The molecule has 0 unspecified atom stereocenters. The largest absolute Gasteiger partial charge is 0.478 e. The van der Waals surface area contributed by atoms with Crippen molar-refractivity contribution in [3.05, 3.63) is 46.8 Å². The highest BCUT2D eigenvalue weighted by atomic mass is 16.5. The minimum atomic E-state index is -1.06. The first-order valence-electron chi connectivity index (χ1n) is 6.58. The molecule has 22 heavy (non-hydrogen) atoms. The molecule has 116 valence electrons. The Balaban J connectivity index is 2.30. The summed E-state index contributed by atoms with van der Waals surface area (Å²) in [6.07, 6.45) is 1.61. The molecule has 2 N–H and O–H groups in total. The highest BCUT2D eigenvalue weighted by molar-refractivity contribution is 6.05. The molecule has 0 fully saturated rings. The lowest BCUT2D eigenvalue weighted by Crippen LogP contribution is -2.13. The van der Waals surface area contributed by atoms with E-state index in [0.29, 0.717) is 22.5 Å². The van der Waals surface area contributed by atoms with E-state index in [9.17, 15) is 9.59 Å². The Morgan fingerprint density at radius 2 is 2.09 bits per heavy atom. The minimum absolute atomic E-state index is 0.0905. The van der Waals surface area contributed by atoms with E-state index in [-0.39, 0.29) is 18.1 Å². The Labute approximate surface area is 127 Å². The number of amides is 1. The third-order valence-corrected chi connectivity index (χ3v) is 3.07. The molecule has 1 amide bonds. The van der Waals surface area contributed by atoms with Gasteiger partial charge < -0.3 is 15.2 Å². The van der Waals surface area contributed by atoms with Gasteiger partial charge in [-0.3, -0.25) is 9.48 Å². The Kier molecular flexibility index (Phi) is 4.57. The molecule has 0 aliphatic rings. The van der Waals surface area contributed by atoms with E-state index in [1.807, 2.05) is 0 Å². The van der Waals surface area contributed by atoms with Gasteiger partial charge in [0.25, 0.3) is 5.91 Å². The van der Waals surface area contributed by atoms with Crippen LogP contribution in [0.1, 0.15) is 32.0 Å². The van der Waals surface area contributed by atoms with Crippen molar-refractivity contribution in [1.29, 1.82) is 0 Å². The summed E-state index contributed by atoms with van der Waals surface area (Å²) >= 11 is 0. The fraction of sp³-hybridized carbons (Fsp3) is 0.267. The zero-order valence-electron chi connectivity index (χ0n) is 12.6. The monoisotopic (exact) mass is 303 g/mol. The van der Waals surface area contributed by atoms with Crippen LogP contribution in [0.4, 0.5) is 5.69 Å². The maximum Gasteiger partial charge on any atom is 0.335 e. The number of aromatic carboxylic acids is 1. The van der Waals surface area contributed by atoms with Gasteiger partial charge in [-0.25, -0.2) is 4.79 Å². The fourth-order valence-electron chi connectivity index (χ4n) is 2.16. The second kappa shape index (κ2) is 6.40. The molecule has 0 spiro atoms. The first kappa shape index (κ1) is 15.7. The van der Waals surface area contributed by atoms with Gasteiger partial charge in [-0.15, -0.1) is 0 Å². The molecule has 2 rings (SSSR count). The van der Waals surface area contributed by atoms with E-state index in [1.54, 1.807) is 30.9 Å². The summed E-state index contributed by atoms with van der Waals surface area (Å²) in [5.74, 6) is -1.40. The van der Waals surface area contributed by atoms with Crippen LogP contribution >= 0.6 is 0 Å². The van der Waals surface area contributed by atoms with Gasteiger partial charge in [0, 0.05) is 26.0 Å². The number of ether oxygens (including phenoxy) is 1. The maximum absolute atomic E-state index is 12.3. The van der Waals surface area contributed by atoms with E-state index in [0.717, 1.165) is 0 Å². The van der Waals surface area contributed by atoms with E-state index >= 15 is 0 Å². The normalized spacial score (nSPS) is 10.5. The summed E-state index contributed by atoms with van der Waals surface area (Å²) in [5, 5.41) is 15.9. The highest BCUT2D eigenvalue weighted by Crippen LogP contribution is 2.18. The van der Waals surface area contributed by atoms with Crippen LogP contribution in [-0.4, -0.2) is 33.9 Å². The van der Waals surface area contributed by atoms with Crippen molar-refractivity contribution in [3.63, 3.8) is 0 Å². The topological polar surface area (TPSA) is 93.5 Å². The van der Waals surface area contributed by atoms with Gasteiger partial charge in [-0.1, -0.05) is 0 Å². The van der Waals surface area contributed by atoms with Crippen molar-refractivity contribution in [2.45, 2.75) is 13.5 Å². The summed E-state index contributed by atoms with van der Waals surface area (Å²) in [7, 11) is 3.25. The van der Waals surface area contributed by atoms with E-state index in [2.05, 4.69) is 10.4 Å². The van der Waals surface area contributed by atoms with Crippen LogP contribution < -0.4 is 5.32 Å².